The quantitative estimate of drug-likeness (QED) is 0.788. The Kier molecular flexibility index (Phi) is 4.19. The van der Waals surface area contributed by atoms with E-state index in [1.807, 2.05) is 0 Å². The maximum absolute atomic E-state index is 13.0. The molecule has 124 valence electrons. The standard InChI is InChI=1S/C18H26N4O/c23-18(14-8-3-1-4-9-14)21-13-7-10-15(21)17-20-19-16-11-5-2-6-12-22(16)17/h1,3,14-15H,2,4-13H2/t14-,15+/m1/s1. The molecule has 0 unspecified atom stereocenters. The number of carbonyl (C=O) groups excluding carboxylic acids is 1. The maximum atomic E-state index is 13.0. The van der Waals surface area contributed by atoms with Gasteiger partial charge in [-0.1, -0.05) is 18.6 Å². The Bertz CT molecular complexity index is 606. The van der Waals surface area contributed by atoms with Crippen molar-refractivity contribution in [1.29, 1.82) is 0 Å². The van der Waals surface area contributed by atoms with Crippen LogP contribution in [0.25, 0.3) is 0 Å². The van der Waals surface area contributed by atoms with Gasteiger partial charge in [-0.15, -0.1) is 10.2 Å². The lowest BCUT2D eigenvalue weighted by atomic mass is 9.93. The first-order valence-corrected chi connectivity index (χ1v) is 9.22. The van der Waals surface area contributed by atoms with Gasteiger partial charge in [0, 0.05) is 25.4 Å². The van der Waals surface area contributed by atoms with Gasteiger partial charge in [-0.25, -0.2) is 0 Å². The van der Waals surface area contributed by atoms with Crippen molar-refractivity contribution < 1.29 is 4.79 Å². The molecule has 1 saturated heterocycles. The van der Waals surface area contributed by atoms with Crippen LogP contribution < -0.4 is 0 Å². The molecule has 0 spiro atoms. The van der Waals surface area contributed by atoms with Crippen LogP contribution in [0.5, 0.6) is 0 Å². The van der Waals surface area contributed by atoms with Gasteiger partial charge < -0.3 is 9.47 Å². The second-order valence-electron chi connectivity index (χ2n) is 7.11. The van der Waals surface area contributed by atoms with Crippen molar-refractivity contribution in [3.63, 3.8) is 0 Å². The molecule has 4 rings (SSSR count). The minimum absolute atomic E-state index is 0.146. The molecule has 5 heteroatoms. The maximum Gasteiger partial charge on any atom is 0.226 e. The molecule has 0 saturated carbocycles. The molecule has 23 heavy (non-hydrogen) atoms. The fraction of sp³-hybridized carbons (Fsp3) is 0.722. The summed E-state index contributed by atoms with van der Waals surface area (Å²) in [5.74, 6) is 2.67. The van der Waals surface area contributed by atoms with Gasteiger partial charge in [-0.3, -0.25) is 4.79 Å². The Balaban J connectivity index is 1.57. The summed E-state index contributed by atoms with van der Waals surface area (Å²) in [5, 5.41) is 8.94. The Morgan fingerprint density at radius 2 is 2.00 bits per heavy atom. The van der Waals surface area contributed by atoms with Crippen LogP contribution in [0.3, 0.4) is 0 Å². The number of hydrogen-bond acceptors (Lipinski definition) is 3. The summed E-state index contributed by atoms with van der Waals surface area (Å²) in [5.41, 5.74) is 0. The van der Waals surface area contributed by atoms with E-state index < -0.39 is 0 Å². The predicted molar refractivity (Wildman–Crippen MR) is 87.7 cm³/mol. The van der Waals surface area contributed by atoms with E-state index in [0.717, 1.165) is 63.3 Å². The van der Waals surface area contributed by atoms with E-state index in [9.17, 15) is 4.79 Å². The van der Waals surface area contributed by atoms with Crippen LogP contribution in [-0.4, -0.2) is 32.1 Å². The van der Waals surface area contributed by atoms with Crippen LogP contribution in [0, 0.1) is 5.92 Å². The number of rotatable bonds is 2. The van der Waals surface area contributed by atoms with Crippen LogP contribution in [0.15, 0.2) is 12.2 Å². The lowest BCUT2D eigenvalue weighted by molar-refractivity contribution is -0.137. The third-order valence-electron chi connectivity index (χ3n) is 5.59. The van der Waals surface area contributed by atoms with E-state index in [0.29, 0.717) is 5.91 Å². The highest BCUT2D eigenvalue weighted by Crippen LogP contribution is 2.35. The first kappa shape index (κ1) is 14.9. The van der Waals surface area contributed by atoms with Crippen LogP contribution in [0.2, 0.25) is 0 Å². The van der Waals surface area contributed by atoms with E-state index in [4.69, 9.17) is 0 Å². The van der Waals surface area contributed by atoms with Crippen molar-refractivity contribution in [1.82, 2.24) is 19.7 Å². The minimum Gasteiger partial charge on any atom is -0.332 e. The molecule has 3 heterocycles. The van der Waals surface area contributed by atoms with Crippen molar-refractivity contribution in [2.24, 2.45) is 5.92 Å². The summed E-state index contributed by atoms with van der Waals surface area (Å²) in [6.45, 7) is 1.90. The van der Waals surface area contributed by atoms with E-state index in [-0.39, 0.29) is 12.0 Å². The van der Waals surface area contributed by atoms with Gasteiger partial charge in [0.15, 0.2) is 5.82 Å². The first-order chi connectivity index (χ1) is 11.3. The molecule has 1 aromatic heterocycles. The topological polar surface area (TPSA) is 51.0 Å². The number of hydrogen-bond donors (Lipinski definition) is 0. The molecular formula is C18H26N4O. The van der Waals surface area contributed by atoms with Crippen molar-refractivity contribution in [3.8, 4) is 0 Å². The van der Waals surface area contributed by atoms with Crippen LogP contribution in [0.1, 0.15) is 69.1 Å². The zero-order valence-corrected chi connectivity index (χ0v) is 13.8. The number of nitrogens with zero attached hydrogens (tertiary/aromatic N) is 4. The molecule has 1 fully saturated rings. The van der Waals surface area contributed by atoms with Crippen molar-refractivity contribution in [2.75, 3.05) is 6.54 Å². The predicted octanol–water partition coefficient (Wildman–Crippen LogP) is 3.02. The number of aryl methyl sites for hydroxylation is 1. The number of aromatic nitrogens is 3. The normalized spacial score (nSPS) is 27.7. The first-order valence-electron chi connectivity index (χ1n) is 9.22. The summed E-state index contributed by atoms with van der Waals surface area (Å²) < 4.78 is 2.31. The van der Waals surface area contributed by atoms with E-state index in [1.165, 1.54) is 19.3 Å². The van der Waals surface area contributed by atoms with Crippen molar-refractivity contribution >= 4 is 5.91 Å². The fourth-order valence-corrected chi connectivity index (χ4v) is 4.31. The van der Waals surface area contributed by atoms with Crippen LogP contribution in [0.4, 0.5) is 0 Å². The highest BCUT2D eigenvalue weighted by atomic mass is 16.2. The SMILES string of the molecule is O=C([C@@H]1CC=CCC1)N1CCC[C@H]1c1nnc2n1CCCCC2. The third kappa shape index (κ3) is 2.81. The summed E-state index contributed by atoms with van der Waals surface area (Å²) in [6.07, 6.45) is 14.1. The average molecular weight is 314 g/mol. The molecule has 2 atom stereocenters. The molecule has 1 amide bonds. The summed E-state index contributed by atoms with van der Waals surface area (Å²) in [6, 6.07) is 0.146. The Morgan fingerprint density at radius 3 is 2.87 bits per heavy atom. The molecular weight excluding hydrogens is 288 g/mol. The zero-order chi connectivity index (χ0) is 15.6. The molecule has 3 aliphatic rings. The Labute approximate surface area is 137 Å². The number of likely N-dealkylation sites (tertiary alicyclic amines) is 1. The Hall–Kier alpha value is -1.65. The molecule has 5 nitrogen and oxygen atoms in total. The van der Waals surface area contributed by atoms with Gasteiger partial charge in [0.25, 0.3) is 0 Å². The second kappa shape index (κ2) is 6.46. The lowest BCUT2D eigenvalue weighted by Crippen LogP contribution is -2.37. The Morgan fingerprint density at radius 1 is 1.04 bits per heavy atom. The van der Waals surface area contributed by atoms with Crippen LogP contribution in [-0.2, 0) is 17.8 Å². The van der Waals surface area contributed by atoms with Crippen LogP contribution >= 0.6 is 0 Å². The summed E-state index contributed by atoms with van der Waals surface area (Å²) in [4.78, 5) is 15.1. The van der Waals surface area contributed by atoms with Gasteiger partial charge in [-0.05, 0) is 44.9 Å². The van der Waals surface area contributed by atoms with E-state index in [2.05, 4.69) is 31.8 Å². The lowest BCUT2D eigenvalue weighted by Gasteiger charge is -2.29. The number of amides is 1. The summed E-state index contributed by atoms with van der Waals surface area (Å²) >= 11 is 0. The number of allylic oxidation sites excluding steroid dienone is 2. The molecule has 2 aliphatic heterocycles. The van der Waals surface area contributed by atoms with Gasteiger partial charge in [0.1, 0.15) is 5.82 Å². The van der Waals surface area contributed by atoms with Gasteiger partial charge >= 0.3 is 0 Å². The smallest absolute Gasteiger partial charge is 0.226 e. The fourth-order valence-electron chi connectivity index (χ4n) is 4.31. The average Bonchev–Trinajstić information content (AvgIpc) is 3.16. The van der Waals surface area contributed by atoms with Gasteiger partial charge in [0.05, 0.1) is 6.04 Å². The largest absolute Gasteiger partial charge is 0.332 e. The molecule has 1 aliphatic carbocycles. The zero-order valence-electron chi connectivity index (χ0n) is 13.8. The molecule has 0 bridgehead atoms. The molecule has 0 N–H and O–H groups in total. The number of fused-ring (bicyclic) bond motifs is 1. The molecule has 1 aromatic rings. The molecule has 0 aromatic carbocycles. The third-order valence-corrected chi connectivity index (χ3v) is 5.59. The summed E-state index contributed by atoms with van der Waals surface area (Å²) in [7, 11) is 0. The van der Waals surface area contributed by atoms with E-state index in [1.54, 1.807) is 0 Å². The van der Waals surface area contributed by atoms with Crippen molar-refractivity contribution in [3.05, 3.63) is 23.8 Å². The monoisotopic (exact) mass is 314 g/mol. The minimum atomic E-state index is 0.146. The number of carbonyl (C=O) groups is 1. The molecule has 0 radical (unpaired) electrons. The van der Waals surface area contributed by atoms with E-state index >= 15 is 0 Å². The van der Waals surface area contributed by atoms with Gasteiger partial charge in [-0.2, -0.15) is 0 Å². The van der Waals surface area contributed by atoms with Gasteiger partial charge in [0.2, 0.25) is 5.91 Å². The second-order valence-corrected chi connectivity index (χ2v) is 7.11. The van der Waals surface area contributed by atoms with Crippen molar-refractivity contribution in [2.45, 2.75) is 70.4 Å². The highest BCUT2D eigenvalue weighted by molar-refractivity contribution is 5.80. The highest BCUT2D eigenvalue weighted by Gasteiger charge is 2.36.